The van der Waals surface area contributed by atoms with Gasteiger partial charge in [-0.3, -0.25) is 14.4 Å². The van der Waals surface area contributed by atoms with E-state index >= 15 is 0 Å². The number of amides is 3. The largest absolute Gasteiger partial charge is 0.394 e. The molecule has 0 aromatic heterocycles. The third-order valence-electron chi connectivity index (χ3n) is 9.16. The third kappa shape index (κ3) is 4.94. The molecule has 3 amide bonds. The van der Waals surface area contributed by atoms with Crippen molar-refractivity contribution >= 4 is 17.7 Å². The summed E-state index contributed by atoms with van der Waals surface area (Å²) < 4.78 is 6.80. The van der Waals surface area contributed by atoms with Crippen molar-refractivity contribution in [1.82, 2.24) is 14.7 Å². The van der Waals surface area contributed by atoms with E-state index in [1.54, 1.807) is 26.9 Å². The molecule has 8 nitrogen and oxygen atoms in total. The molecule has 3 aliphatic heterocycles. The molecule has 3 fully saturated rings. The van der Waals surface area contributed by atoms with E-state index in [1.807, 2.05) is 27.7 Å². The zero-order chi connectivity index (χ0) is 28.3. The molecule has 3 rings (SSSR count). The molecule has 7 atom stereocenters. The number of carbonyl (C=O) groups is 3. The highest BCUT2D eigenvalue weighted by molar-refractivity contribution is 5.99. The number of nitrogens with zero attached hydrogens (tertiary/aromatic N) is 3. The minimum atomic E-state index is -1.10. The van der Waals surface area contributed by atoms with Crippen molar-refractivity contribution < 1.29 is 24.2 Å². The maximum atomic E-state index is 14.5. The highest BCUT2D eigenvalue weighted by Crippen LogP contribution is 2.64. The normalized spacial score (nSPS) is 31.2. The van der Waals surface area contributed by atoms with Crippen LogP contribution in [0, 0.1) is 17.8 Å². The maximum Gasteiger partial charge on any atom is 0.248 e. The van der Waals surface area contributed by atoms with Gasteiger partial charge in [0.05, 0.1) is 30.1 Å². The van der Waals surface area contributed by atoms with Crippen LogP contribution in [0.2, 0.25) is 0 Å². The first-order valence-electron chi connectivity index (χ1n) is 14.5. The molecule has 2 unspecified atom stereocenters. The lowest BCUT2D eigenvalue weighted by molar-refractivity contribution is -0.157. The summed E-state index contributed by atoms with van der Waals surface area (Å²) in [7, 11) is 0. The second kappa shape index (κ2) is 12.3. The number of rotatable bonds is 15. The molecule has 0 aromatic carbocycles. The van der Waals surface area contributed by atoms with Crippen molar-refractivity contribution in [3.8, 4) is 0 Å². The van der Waals surface area contributed by atoms with Crippen molar-refractivity contribution in [2.24, 2.45) is 17.8 Å². The minimum absolute atomic E-state index is 0.0303. The van der Waals surface area contributed by atoms with Gasteiger partial charge in [-0.05, 0) is 38.5 Å². The van der Waals surface area contributed by atoms with Crippen molar-refractivity contribution in [2.75, 3.05) is 32.8 Å². The van der Waals surface area contributed by atoms with Crippen LogP contribution in [-0.4, -0.2) is 93.6 Å². The fourth-order valence-corrected chi connectivity index (χ4v) is 7.07. The van der Waals surface area contributed by atoms with Crippen molar-refractivity contribution in [3.63, 3.8) is 0 Å². The van der Waals surface area contributed by atoms with Gasteiger partial charge in [0.15, 0.2) is 0 Å². The monoisotopic (exact) mass is 531 g/mol. The third-order valence-corrected chi connectivity index (χ3v) is 9.16. The number of hydrogen-bond donors (Lipinski definition) is 1. The predicted octanol–water partition coefficient (Wildman–Crippen LogP) is 3.40. The Kier molecular flexibility index (Phi) is 9.85. The van der Waals surface area contributed by atoms with Crippen LogP contribution in [0.3, 0.4) is 0 Å². The SMILES string of the molecule is C=CCN(CCCC)C(=O)C1N([C@@H](CO)[C@@H](C)CC)C(=O)[C@@H]2[C@H](C(=O)N(CC=C)CCC)[C@]3(C)CCC12O3. The molecule has 3 heterocycles. The lowest BCUT2D eigenvalue weighted by Crippen LogP contribution is -2.60. The van der Waals surface area contributed by atoms with Gasteiger partial charge in [-0.2, -0.15) is 0 Å². The van der Waals surface area contributed by atoms with E-state index in [0.717, 1.165) is 25.7 Å². The fourth-order valence-electron chi connectivity index (χ4n) is 7.07. The van der Waals surface area contributed by atoms with Gasteiger partial charge in [0.25, 0.3) is 0 Å². The second-order valence-electron chi connectivity index (χ2n) is 11.6. The van der Waals surface area contributed by atoms with Gasteiger partial charge in [0, 0.05) is 26.2 Å². The fraction of sp³-hybridized carbons (Fsp3) is 0.767. The number of likely N-dealkylation sites (tertiary alicyclic amines) is 1. The molecule has 0 aromatic rings. The summed E-state index contributed by atoms with van der Waals surface area (Å²) in [5, 5.41) is 10.5. The Hall–Kier alpha value is -2.19. The summed E-state index contributed by atoms with van der Waals surface area (Å²) >= 11 is 0. The number of fused-ring (bicyclic) bond motifs is 1. The van der Waals surface area contributed by atoms with E-state index in [0.29, 0.717) is 39.0 Å². The number of aliphatic hydroxyl groups is 1. The molecular weight excluding hydrogens is 482 g/mol. The van der Waals surface area contributed by atoms with Crippen molar-refractivity contribution in [2.45, 2.75) is 96.4 Å². The first-order chi connectivity index (χ1) is 18.1. The lowest BCUT2D eigenvalue weighted by Gasteiger charge is -2.41. The molecule has 2 bridgehead atoms. The Bertz CT molecular complexity index is 908. The van der Waals surface area contributed by atoms with Gasteiger partial charge in [-0.25, -0.2) is 0 Å². The topological polar surface area (TPSA) is 90.4 Å². The average molecular weight is 532 g/mol. The van der Waals surface area contributed by atoms with Crippen molar-refractivity contribution in [3.05, 3.63) is 25.3 Å². The summed E-state index contributed by atoms with van der Waals surface area (Å²) in [5.74, 6) is -2.01. The number of aliphatic hydroxyl groups excluding tert-OH is 1. The Morgan fingerprint density at radius 1 is 1.11 bits per heavy atom. The summed E-state index contributed by atoms with van der Waals surface area (Å²) in [6.45, 7) is 19.3. The predicted molar refractivity (Wildman–Crippen MR) is 148 cm³/mol. The molecule has 0 radical (unpaired) electrons. The van der Waals surface area contributed by atoms with Crippen LogP contribution >= 0.6 is 0 Å². The molecule has 1 N–H and O–H groups in total. The van der Waals surface area contributed by atoms with Crippen LogP contribution in [0.5, 0.6) is 0 Å². The number of hydrogen-bond acceptors (Lipinski definition) is 5. The maximum absolute atomic E-state index is 14.5. The molecular formula is C30H49N3O5. The molecule has 214 valence electrons. The Balaban J connectivity index is 2.15. The summed E-state index contributed by atoms with van der Waals surface area (Å²) in [6, 6.07) is -1.43. The van der Waals surface area contributed by atoms with Gasteiger partial charge in [0.2, 0.25) is 17.7 Å². The molecule has 8 heteroatoms. The highest BCUT2D eigenvalue weighted by Gasteiger charge is 2.79. The second-order valence-corrected chi connectivity index (χ2v) is 11.6. The molecule has 3 aliphatic rings. The van der Waals surface area contributed by atoms with E-state index in [4.69, 9.17) is 4.74 Å². The van der Waals surface area contributed by atoms with E-state index in [-0.39, 0.29) is 30.2 Å². The highest BCUT2D eigenvalue weighted by atomic mass is 16.5. The smallest absolute Gasteiger partial charge is 0.248 e. The number of carbonyl (C=O) groups excluding carboxylic acids is 3. The lowest BCUT2D eigenvalue weighted by atomic mass is 9.66. The molecule has 0 saturated carbocycles. The van der Waals surface area contributed by atoms with E-state index in [1.165, 1.54) is 0 Å². The standard InChI is InChI=1S/C30H49N3O5/c1-8-13-19-32(18-11-4)28(37)25-30-15-14-29(7,38-30)23(26(35)31(16-9-2)17-10-3)24(30)27(36)33(25)22(20-34)21(6)12-5/h9,11,21-25,34H,2,4,8,10,12-20H2,1,3,5-7H3/t21-,22-,23+,24-,25?,29-,30?/m0/s1. The Morgan fingerprint density at radius 3 is 2.26 bits per heavy atom. The van der Waals surface area contributed by atoms with Crippen LogP contribution in [0.15, 0.2) is 25.3 Å². The van der Waals surface area contributed by atoms with Crippen LogP contribution < -0.4 is 0 Å². The first kappa shape index (κ1) is 30.4. The summed E-state index contributed by atoms with van der Waals surface area (Å²) in [6.07, 6.45) is 7.83. The van der Waals surface area contributed by atoms with Gasteiger partial charge >= 0.3 is 0 Å². The number of ether oxygens (including phenoxy) is 1. The van der Waals surface area contributed by atoms with Crippen molar-refractivity contribution in [1.29, 1.82) is 0 Å². The molecule has 38 heavy (non-hydrogen) atoms. The zero-order valence-corrected chi connectivity index (χ0v) is 24.2. The number of unbranched alkanes of at least 4 members (excludes halogenated alkanes) is 1. The molecule has 1 spiro atoms. The van der Waals surface area contributed by atoms with Gasteiger partial charge in [-0.1, -0.05) is 52.7 Å². The van der Waals surface area contributed by atoms with Crippen LogP contribution in [0.1, 0.15) is 73.1 Å². The zero-order valence-electron chi connectivity index (χ0n) is 24.2. The molecule has 3 saturated heterocycles. The van der Waals surface area contributed by atoms with Crippen LogP contribution in [0.4, 0.5) is 0 Å². The Morgan fingerprint density at radius 2 is 1.74 bits per heavy atom. The van der Waals surface area contributed by atoms with E-state index in [2.05, 4.69) is 20.1 Å². The van der Waals surface area contributed by atoms with E-state index in [9.17, 15) is 19.5 Å². The summed E-state index contributed by atoms with van der Waals surface area (Å²) in [5.41, 5.74) is -1.92. The van der Waals surface area contributed by atoms with Gasteiger partial charge in [-0.15, -0.1) is 13.2 Å². The average Bonchev–Trinajstić information content (AvgIpc) is 3.47. The quantitative estimate of drug-likeness (QED) is 0.327. The summed E-state index contributed by atoms with van der Waals surface area (Å²) in [4.78, 5) is 48.0. The van der Waals surface area contributed by atoms with Gasteiger partial charge in [0.1, 0.15) is 11.6 Å². The first-order valence-corrected chi connectivity index (χ1v) is 14.5. The minimum Gasteiger partial charge on any atom is -0.394 e. The van der Waals surface area contributed by atoms with Crippen LogP contribution in [0.25, 0.3) is 0 Å². The molecule has 0 aliphatic carbocycles. The van der Waals surface area contributed by atoms with Gasteiger partial charge < -0.3 is 24.5 Å². The Labute approximate surface area is 229 Å². The van der Waals surface area contributed by atoms with Crippen LogP contribution in [-0.2, 0) is 19.1 Å². The van der Waals surface area contributed by atoms with E-state index < -0.39 is 35.1 Å².